The van der Waals surface area contributed by atoms with Crippen molar-refractivity contribution in [3.63, 3.8) is 0 Å². The second-order valence-corrected chi connectivity index (χ2v) is 7.29. The minimum Gasteiger partial charge on any atom is -0.307 e. The van der Waals surface area contributed by atoms with Crippen LogP contribution < -0.4 is 10.2 Å². The molecule has 30 heavy (non-hydrogen) atoms. The van der Waals surface area contributed by atoms with Gasteiger partial charge in [0.15, 0.2) is 0 Å². The third kappa shape index (κ3) is 3.95. The molecule has 1 aromatic carbocycles. The highest BCUT2D eigenvalue weighted by Gasteiger charge is 2.17. The monoisotopic (exact) mass is 421 g/mol. The lowest BCUT2D eigenvalue weighted by Gasteiger charge is -2.17. The summed E-state index contributed by atoms with van der Waals surface area (Å²) < 4.78 is 1.90. The molecular weight excluding hydrogens is 402 g/mol. The number of urea groups is 1. The zero-order valence-electron chi connectivity index (χ0n) is 16.8. The predicted molar refractivity (Wildman–Crippen MR) is 117 cm³/mol. The van der Waals surface area contributed by atoms with Crippen LogP contribution in [0.2, 0.25) is 5.15 Å². The van der Waals surface area contributed by atoms with Crippen molar-refractivity contribution in [3.05, 3.63) is 71.0 Å². The molecule has 0 aliphatic heterocycles. The van der Waals surface area contributed by atoms with Gasteiger partial charge < -0.3 is 5.32 Å². The van der Waals surface area contributed by atoms with Gasteiger partial charge >= 0.3 is 6.03 Å². The molecule has 0 saturated heterocycles. The number of hydrogen-bond acceptors (Lipinski definition) is 5. The molecule has 3 heterocycles. The fourth-order valence-corrected chi connectivity index (χ4v) is 3.44. The highest BCUT2D eigenvalue weighted by Crippen LogP contribution is 2.28. The highest BCUT2D eigenvalue weighted by atomic mass is 35.5. The Bertz CT molecular complexity index is 1240. The van der Waals surface area contributed by atoms with Crippen LogP contribution >= 0.6 is 11.6 Å². The average Bonchev–Trinajstić information content (AvgIpc) is 3.03. The van der Waals surface area contributed by atoms with Crippen LogP contribution in [-0.2, 0) is 6.54 Å². The second-order valence-electron chi connectivity index (χ2n) is 6.90. The molecule has 0 fully saturated rings. The maximum Gasteiger partial charge on any atom is 0.327 e. The van der Waals surface area contributed by atoms with Gasteiger partial charge in [-0.05, 0) is 38.1 Å². The van der Waals surface area contributed by atoms with E-state index in [2.05, 4.69) is 25.4 Å². The standard InChI is InChI=1S/C21H20ClN7O/c1-13-6-4-7-15(25-13)11-29-17-9-5-8-16(20(17)14(2)27-29)26-21(30)28(3)19-10-18(22)23-12-24-19/h4-10,12H,11H2,1-3H3,(H,26,30). The minimum atomic E-state index is -0.343. The summed E-state index contributed by atoms with van der Waals surface area (Å²) >= 11 is 5.91. The molecule has 4 rings (SSSR count). The van der Waals surface area contributed by atoms with Crippen molar-refractivity contribution in [2.75, 3.05) is 17.3 Å². The van der Waals surface area contributed by atoms with Gasteiger partial charge in [-0.15, -0.1) is 0 Å². The lowest BCUT2D eigenvalue weighted by molar-refractivity contribution is 0.258. The zero-order valence-corrected chi connectivity index (χ0v) is 17.6. The summed E-state index contributed by atoms with van der Waals surface area (Å²) in [6, 6.07) is 12.8. The number of rotatable bonds is 4. The van der Waals surface area contributed by atoms with Crippen LogP contribution in [0.5, 0.6) is 0 Å². The maximum absolute atomic E-state index is 12.8. The van der Waals surface area contributed by atoms with Gasteiger partial charge in [-0.3, -0.25) is 14.6 Å². The van der Waals surface area contributed by atoms with E-state index in [0.29, 0.717) is 18.1 Å². The molecule has 0 unspecified atom stereocenters. The van der Waals surface area contributed by atoms with Crippen molar-refractivity contribution >= 4 is 40.0 Å². The number of pyridine rings is 1. The van der Waals surface area contributed by atoms with Gasteiger partial charge in [-0.2, -0.15) is 5.10 Å². The van der Waals surface area contributed by atoms with E-state index >= 15 is 0 Å². The third-order valence-electron chi connectivity index (χ3n) is 4.72. The van der Waals surface area contributed by atoms with Crippen LogP contribution in [-0.4, -0.2) is 37.8 Å². The molecule has 0 spiro atoms. The van der Waals surface area contributed by atoms with Gasteiger partial charge in [0.05, 0.1) is 29.1 Å². The Morgan fingerprint density at radius 1 is 1.17 bits per heavy atom. The predicted octanol–water partition coefficient (Wildman–Crippen LogP) is 4.21. The van der Waals surface area contributed by atoms with E-state index in [1.807, 2.05) is 54.9 Å². The largest absolute Gasteiger partial charge is 0.327 e. The number of amides is 2. The molecule has 9 heteroatoms. The molecular formula is C21H20ClN7O. The van der Waals surface area contributed by atoms with Crippen LogP contribution in [0.1, 0.15) is 17.1 Å². The molecule has 152 valence electrons. The number of benzene rings is 1. The maximum atomic E-state index is 12.8. The Balaban J connectivity index is 1.64. The Morgan fingerprint density at radius 2 is 1.97 bits per heavy atom. The van der Waals surface area contributed by atoms with Gasteiger partial charge in [-0.1, -0.05) is 23.7 Å². The lowest BCUT2D eigenvalue weighted by Crippen LogP contribution is -2.31. The Kier molecular flexibility index (Phi) is 5.33. The Morgan fingerprint density at radius 3 is 2.73 bits per heavy atom. The smallest absolute Gasteiger partial charge is 0.307 e. The zero-order chi connectivity index (χ0) is 21.3. The summed E-state index contributed by atoms with van der Waals surface area (Å²) in [5.74, 6) is 0.401. The molecule has 0 radical (unpaired) electrons. The van der Waals surface area contributed by atoms with Gasteiger partial charge in [0.1, 0.15) is 17.3 Å². The molecule has 1 N–H and O–H groups in total. The first-order valence-corrected chi connectivity index (χ1v) is 9.71. The van der Waals surface area contributed by atoms with Crippen molar-refractivity contribution in [1.29, 1.82) is 0 Å². The van der Waals surface area contributed by atoms with Crippen molar-refractivity contribution in [2.45, 2.75) is 20.4 Å². The number of aromatic nitrogens is 5. The summed E-state index contributed by atoms with van der Waals surface area (Å²) in [6.07, 6.45) is 1.32. The molecule has 4 aromatic rings. The van der Waals surface area contributed by atoms with E-state index in [-0.39, 0.29) is 11.2 Å². The minimum absolute atomic E-state index is 0.267. The number of aryl methyl sites for hydroxylation is 2. The van der Waals surface area contributed by atoms with Crippen LogP contribution in [0.4, 0.5) is 16.3 Å². The first kappa shape index (κ1) is 19.8. The topological polar surface area (TPSA) is 88.8 Å². The van der Waals surface area contributed by atoms with Crippen molar-refractivity contribution in [3.8, 4) is 0 Å². The molecule has 0 atom stereocenters. The molecule has 2 amide bonds. The van der Waals surface area contributed by atoms with E-state index in [1.165, 1.54) is 17.3 Å². The number of anilines is 2. The Hall–Kier alpha value is -3.52. The van der Waals surface area contributed by atoms with E-state index < -0.39 is 0 Å². The molecule has 0 aliphatic rings. The summed E-state index contributed by atoms with van der Waals surface area (Å²) in [7, 11) is 1.62. The summed E-state index contributed by atoms with van der Waals surface area (Å²) in [5.41, 5.74) is 4.30. The van der Waals surface area contributed by atoms with Gasteiger partial charge in [0, 0.05) is 24.2 Å². The van der Waals surface area contributed by atoms with Gasteiger partial charge in [0.25, 0.3) is 0 Å². The van der Waals surface area contributed by atoms with Crippen LogP contribution in [0, 0.1) is 13.8 Å². The summed E-state index contributed by atoms with van der Waals surface area (Å²) in [5, 5.41) is 8.76. The SMILES string of the molecule is Cc1cccc(Cn2nc(C)c3c(NC(=O)N(C)c4cc(Cl)ncn4)cccc32)n1. The van der Waals surface area contributed by atoms with Gasteiger partial charge in [0.2, 0.25) is 0 Å². The van der Waals surface area contributed by atoms with Crippen molar-refractivity contribution < 1.29 is 4.79 Å². The number of fused-ring (bicyclic) bond motifs is 1. The first-order valence-electron chi connectivity index (χ1n) is 9.33. The number of hydrogen-bond donors (Lipinski definition) is 1. The number of nitrogens with one attached hydrogen (secondary N) is 1. The highest BCUT2D eigenvalue weighted by molar-refractivity contribution is 6.29. The van der Waals surface area contributed by atoms with E-state index in [1.54, 1.807) is 7.05 Å². The normalized spacial score (nSPS) is 10.9. The summed E-state index contributed by atoms with van der Waals surface area (Å²) in [6.45, 7) is 4.43. The molecule has 8 nitrogen and oxygen atoms in total. The van der Waals surface area contributed by atoms with E-state index in [9.17, 15) is 4.79 Å². The third-order valence-corrected chi connectivity index (χ3v) is 4.93. The summed E-state index contributed by atoms with van der Waals surface area (Å²) in [4.78, 5) is 26.7. The fraction of sp³-hybridized carbons (Fsp3) is 0.190. The second kappa shape index (κ2) is 8.08. The average molecular weight is 422 g/mol. The lowest BCUT2D eigenvalue weighted by atomic mass is 10.1. The fourth-order valence-electron chi connectivity index (χ4n) is 3.30. The molecule has 0 saturated carbocycles. The van der Waals surface area contributed by atoms with E-state index in [0.717, 1.165) is 28.0 Å². The van der Waals surface area contributed by atoms with E-state index in [4.69, 9.17) is 11.6 Å². The Labute approximate surface area is 178 Å². The van der Waals surface area contributed by atoms with Gasteiger partial charge in [-0.25, -0.2) is 14.8 Å². The van der Waals surface area contributed by atoms with Crippen molar-refractivity contribution in [1.82, 2.24) is 24.7 Å². The molecule has 0 aliphatic carbocycles. The molecule has 0 bridgehead atoms. The van der Waals surface area contributed by atoms with Crippen LogP contribution in [0.25, 0.3) is 10.9 Å². The van der Waals surface area contributed by atoms with Crippen LogP contribution in [0.15, 0.2) is 48.8 Å². The number of nitrogens with zero attached hydrogens (tertiary/aromatic N) is 6. The first-order chi connectivity index (χ1) is 14.4. The number of carbonyl (C=O) groups is 1. The quantitative estimate of drug-likeness (QED) is 0.498. The number of carbonyl (C=O) groups excluding carboxylic acids is 1. The number of halogens is 1. The van der Waals surface area contributed by atoms with Crippen molar-refractivity contribution in [2.24, 2.45) is 0 Å². The van der Waals surface area contributed by atoms with Crippen LogP contribution in [0.3, 0.4) is 0 Å². The molecule has 3 aromatic heterocycles.